The average Bonchev–Trinajstić information content (AvgIpc) is 3.10. The average molecular weight is 290 g/mol. The Bertz CT molecular complexity index is 516. The van der Waals surface area contributed by atoms with Crippen molar-refractivity contribution in [3.63, 3.8) is 0 Å². The topological polar surface area (TPSA) is 58.9 Å². The van der Waals surface area contributed by atoms with E-state index >= 15 is 0 Å². The van der Waals surface area contributed by atoms with Gasteiger partial charge in [-0.05, 0) is 43.7 Å². The summed E-state index contributed by atoms with van der Waals surface area (Å²) in [4.78, 5) is 4.24. The van der Waals surface area contributed by atoms with E-state index in [4.69, 9.17) is 0 Å². The first-order chi connectivity index (χ1) is 10.1. The molecule has 1 aliphatic heterocycles. The summed E-state index contributed by atoms with van der Waals surface area (Å²) in [5.41, 5.74) is 0.601. The SMILES string of the molecule is Cn1nnc(CN2CC(C)(C3CC3)NCC23CCCC3)n1. The fourth-order valence-electron chi connectivity index (χ4n) is 4.40. The summed E-state index contributed by atoms with van der Waals surface area (Å²) in [5, 5.41) is 16.5. The number of aromatic nitrogens is 4. The quantitative estimate of drug-likeness (QED) is 0.903. The molecule has 0 bridgehead atoms. The van der Waals surface area contributed by atoms with Crippen LogP contribution >= 0.6 is 0 Å². The molecule has 1 saturated heterocycles. The van der Waals surface area contributed by atoms with Crippen LogP contribution in [0.15, 0.2) is 0 Å². The van der Waals surface area contributed by atoms with E-state index in [1.807, 2.05) is 7.05 Å². The Labute approximate surface area is 126 Å². The van der Waals surface area contributed by atoms with Crippen molar-refractivity contribution in [1.82, 2.24) is 30.4 Å². The van der Waals surface area contributed by atoms with Gasteiger partial charge in [-0.15, -0.1) is 10.2 Å². The molecule has 0 amide bonds. The van der Waals surface area contributed by atoms with Gasteiger partial charge >= 0.3 is 0 Å². The molecule has 2 aliphatic carbocycles. The second kappa shape index (κ2) is 4.74. The Balaban J connectivity index is 1.57. The van der Waals surface area contributed by atoms with E-state index in [-0.39, 0.29) is 5.54 Å². The third-order valence-electron chi connectivity index (χ3n) is 5.91. The lowest BCUT2D eigenvalue weighted by Crippen LogP contribution is -2.68. The highest BCUT2D eigenvalue weighted by Crippen LogP contribution is 2.46. The number of piperazine rings is 1. The molecule has 1 N–H and O–H groups in total. The first-order valence-electron chi connectivity index (χ1n) is 8.33. The van der Waals surface area contributed by atoms with Crippen molar-refractivity contribution in [1.29, 1.82) is 0 Å². The number of tetrazole rings is 1. The van der Waals surface area contributed by atoms with E-state index in [1.54, 1.807) is 4.80 Å². The minimum atomic E-state index is 0.274. The lowest BCUT2D eigenvalue weighted by Gasteiger charge is -2.52. The fraction of sp³-hybridized carbons (Fsp3) is 0.933. The van der Waals surface area contributed by atoms with Gasteiger partial charge in [0, 0.05) is 24.2 Å². The van der Waals surface area contributed by atoms with Crippen LogP contribution in [0, 0.1) is 5.92 Å². The lowest BCUT2D eigenvalue weighted by atomic mass is 9.83. The smallest absolute Gasteiger partial charge is 0.188 e. The minimum absolute atomic E-state index is 0.274. The number of aryl methyl sites for hydroxylation is 1. The molecule has 116 valence electrons. The van der Waals surface area contributed by atoms with Gasteiger partial charge in [-0.2, -0.15) is 4.80 Å². The fourth-order valence-corrected chi connectivity index (χ4v) is 4.40. The second-order valence-corrected chi connectivity index (χ2v) is 7.53. The van der Waals surface area contributed by atoms with E-state index in [9.17, 15) is 0 Å². The van der Waals surface area contributed by atoms with Crippen LogP contribution in [0.2, 0.25) is 0 Å². The van der Waals surface area contributed by atoms with Crippen LogP contribution < -0.4 is 5.32 Å². The summed E-state index contributed by atoms with van der Waals surface area (Å²) < 4.78 is 0. The van der Waals surface area contributed by atoms with Gasteiger partial charge in [-0.1, -0.05) is 12.8 Å². The second-order valence-electron chi connectivity index (χ2n) is 7.53. The number of hydrogen-bond acceptors (Lipinski definition) is 5. The molecule has 0 radical (unpaired) electrons. The highest BCUT2D eigenvalue weighted by Gasteiger charge is 2.51. The predicted molar refractivity (Wildman–Crippen MR) is 79.5 cm³/mol. The summed E-state index contributed by atoms with van der Waals surface area (Å²) >= 11 is 0. The van der Waals surface area contributed by atoms with Crippen LogP contribution in [0.25, 0.3) is 0 Å². The third-order valence-corrected chi connectivity index (χ3v) is 5.91. The molecule has 3 aliphatic rings. The first-order valence-corrected chi connectivity index (χ1v) is 8.33. The molecule has 6 heteroatoms. The predicted octanol–water partition coefficient (Wildman–Crippen LogP) is 1.10. The van der Waals surface area contributed by atoms with Gasteiger partial charge in [0.2, 0.25) is 0 Å². The van der Waals surface area contributed by atoms with Gasteiger partial charge in [-0.3, -0.25) is 4.90 Å². The maximum atomic E-state index is 4.40. The van der Waals surface area contributed by atoms with E-state index < -0.39 is 0 Å². The van der Waals surface area contributed by atoms with E-state index in [0.717, 1.165) is 31.4 Å². The van der Waals surface area contributed by atoms with Gasteiger partial charge < -0.3 is 5.32 Å². The maximum absolute atomic E-state index is 4.40. The summed E-state index contributed by atoms with van der Waals surface area (Å²) in [7, 11) is 1.84. The molecule has 1 aromatic heterocycles. The van der Waals surface area contributed by atoms with E-state index in [0.29, 0.717) is 5.54 Å². The Morgan fingerprint density at radius 1 is 1.29 bits per heavy atom. The summed E-state index contributed by atoms with van der Waals surface area (Å²) in [6.45, 7) is 5.50. The summed E-state index contributed by atoms with van der Waals surface area (Å²) in [6.07, 6.45) is 8.09. The maximum Gasteiger partial charge on any atom is 0.188 e. The molecular weight excluding hydrogens is 264 g/mol. The van der Waals surface area contributed by atoms with Gasteiger partial charge in [0.25, 0.3) is 0 Å². The van der Waals surface area contributed by atoms with Crippen LogP contribution in [0.3, 0.4) is 0 Å². The largest absolute Gasteiger partial charge is 0.308 e. The van der Waals surface area contributed by atoms with Crippen LogP contribution in [0.5, 0.6) is 0 Å². The zero-order chi connectivity index (χ0) is 14.5. The van der Waals surface area contributed by atoms with Crippen LogP contribution in [-0.4, -0.2) is 49.3 Å². The van der Waals surface area contributed by atoms with Crippen LogP contribution in [-0.2, 0) is 13.6 Å². The third kappa shape index (κ3) is 2.38. The van der Waals surface area contributed by atoms with Gasteiger partial charge in [0.1, 0.15) is 0 Å². The van der Waals surface area contributed by atoms with Gasteiger partial charge in [0.15, 0.2) is 5.82 Å². The molecule has 1 spiro atoms. The highest BCUT2D eigenvalue weighted by molar-refractivity contribution is 5.10. The number of nitrogens with one attached hydrogen (secondary N) is 1. The van der Waals surface area contributed by atoms with Crippen molar-refractivity contribution in [3.05, 3.63) is 5.82 Å². The summed E-state index contributed by atoms with van der Waals surface area (Å²) in [5.74, 6) is 1.72. The van der Waals surface area contributed by atoms with Crippen molar-refractivity contribution < 1.29 is 0 Å². The molecule has 1 unspecified atom stereocenters. The van der Waals surface area contributed by atoms with Crippen LogP contribution in [0.1, 0.15) is 51.3 Å². The first kappa shape index (κ1) is 13.6. The molecule has 1 aromatic rings. The van der Waals surface area contributed by atoms with Gasteiger partial charge in [-0.25, -0.2) is 0 Å². The van der Waals surface area contributed by atoms with Crippen LogP contribution in [0.4, 0.5) is 0 Å². The lowest BCUT2D eigenvalue weighted by molar-refractivity contribution is -0.00246. The standard InChI is InChI=1S/C15H26N6/c1-14(12-5-6-12)11-21(9-13-17-19-20(2)18-13)15(10-16-14)7-3-4-8-15/h12,16H,3-11H2,1-2H3. The molecule has 2 heterocycles. The van der Waals surface area contributed by atoms with Crippen molar-refractivity contribution in [2.75, 3.05) is 13.1 Å². The van der Waals surface area contributed by atoms with E-state index in [1.165, 1.54) is 38.5 Å². The van der Waals surface area contributed by atoms with Crippen molar-refractivity contribution >= 4 is 0 Å². The zero-order valence-electron chi connectivity index (χ0n) is 13.2. The van der Waals surface area contributed by atoms with Gasteiger partial charge in [0.05, 0.1) is 13.6 Å². The Morgan fingerprint density at radius 2 is 2.05 bits per heavy atom. The Hall–Kier alpha value is -1.01. The molecule has 2 saturated carbocycles. The number of rotatable bonds is 3. The number of nitrogens with zero attached hydrogens (tertiary/aromatic N) is 5. The monoisotopic (exact) mass is 290 g/mol. The number of hydrogen-bond donors (Lipinski definition) is 1. The molecule has 21 heavy (non-hydrogen) atoms. The molecule has 6 nitrogen and oxygen atoms in total. The Kier molecular flexibility index (Phi) is 3.08. The molecule has 1 atom stereocenters. The molecular formula is C15H26N6. The van der Waals surface area contributed by atoms with E-state index in [2.05, 4.69) is 32.6 Å². The zero-order valence-corrected chi connectivity index (χ0v) is 13.2. The normalized spacial score (nSPS) is 32.9. The van der Waals surface area contributed by atoms with Crippen molar-refractivity contribution in [2.45, 2.75) is 63.1 Å². The molecule has 3 fully saturated rings. The summed E-state index contributed by atoms with van der Waals surface area (Å²) in [6, 6.07) is 0. The highest BCUT2D eigenvalue weighted by atomic mass is 15.6. The Morgan fingerprint density at radius 3 is 2.67 bits per heavy atom. The minimum Gasteiger partial charge on any atom is -0.308 e. The van der Waals surface area contributed by atoms with Crippen molar-refractivity contribution in [3.8, 4) is 0 Å². The molecule has 4 rings (SSSR count). The van der Waals surface area contributed by atoms with Crippen molar-refractivity contribution in [2.24, 2.45) is 13.0 Å². The molecule has 0 aromatic carbocycles.